The quantitative estimate of drug-likeness (QED) is 0.759. The molecule has 0 N–H and O–H groups in total. The molecule has 0 bridgehead atoms. The highest BCUT2D eigenvalue weighted by molar-refractivity contribution is 5.92. The van der Waals surface area contributed by atoms with Crippen LogP contribution in [0.3, 0.4) is 0 Å². The van der Waals surface area contributed by atoms with Crippen molar-refractivity contribution in [3.8, 4) is 0 Å². The number of nitrogens with zero attached hydrogens (tertiary/aromatic N) is 3. The summed E-state index contributed by atoms with van der Waals surface area (Å²) in [6.07, 6.45) is 3.55. The van der Waals surface area contributed by atoms with E-state index in [0.717, 1.165) is 36.6 Å². The molecule has 2 rings (SSSR count). The minimum absolute atomic E-state index is 0.0464. The summed E-state index contributed by atoms with van der Waals surface area (Å²) in [5.74, 6) is 0.0464. The molecule has 4 heteroatoms. The minimum Gasteiger partial charge on any atom is -0.340 e. The molecule has 0 saturated heterocycles. The zero-order valence-corrected chi connectivity index (χ0v) is 15.3. The first-order valence-electron chi connectivity index (χ1n) is 8.52. The first-order chi connectivity index (χ1) is 11.5. The molecule has 0 saturated carbocycles. The van der Waals surface area contributed by atoms with Gasteiger partial charge in [-0.1, -0.05) is 29.8 Å². The molecule has 0 radical (unpaired) electrons. The molecular formula is C20H27N3O. The third-order valence-corrected chi connectivity index (χ3v) is 4.36. The summed E-state index contributed by atoms with van der Waals surface area (Å²) >= 11 is 0. The summed E-state index contributed by atoms with van der Waals surface area (Å²) in [4.78, 5) is 13.9. The van der Waals surface area contributed by atoms with Crippen LogP contribution in [0.1, 0.15) is 41.9 Å². The highest BCUT2D eigenvalue weighted by Crippen LogP contribution is 2.17. The van der Waals surface area contributed by atoms with Crippen molar-refractivity contribution < 1.29 is 4.79 Å². The van der Waals surface area contributed by atoms with Crippen LogP contribution in [0, 0.1) is 20.8 Å². The zero-order chi connectivity index (χ0) is 17.7. The van der Waals surface area contributed by atoms with E-state index in [-0.39, 0.29) is 5.91 Å². The maximum absolute atomic E-state index is 12.1. The number of rotatable bonds is 6. The van der Waals surface area contributed by atoms with Crippen molar-refractivity contribution in [1.29, 1.82) is 0 Å². The third-order valence-electron chi connectivity index (χ3n) is 4.36. The van der Waals surface area contributed by atoms with Crippen LogP contribution in [-0.4, -0.2) is 33.7 Å². The molecule has 1 aromatic carbocycles. The van der Waals surface area contributed by atoms with Gasteiger partial charge >= 0.3 is 0 Å². The first-order valence-corrected chi connectivity index (χ1v) is 8.52. The number of carbonyl (C=O) groups is 1. The fourth-order valence-corrected chi connectivity index (χ4v) is 2.77. The van der Waals surface area contributed by atoms with Gasteiger partial charge in [0.25, 0.3) is 0 Å². The van der Waals surface area contributed by atoms with E-state index in [0.29, 0.717) is 0 Å². The molecule has 0 spiro atoms. The Morgan fingerprint density at radius 2 is 1.75 bits per heavy atom. The third kappa shape index (κ3) is 4.13. The van der Waals surface area contributed by atoms with Crippen LogP contribution in [0.15, 0.2) is 30.3 Å². The van der Waals surface area contributed by atoms with Crippen molar-refractivity contribution in [3.63, 3.8) is 0 Å². The van der Waals surface area contributed by atoms with Crippen molar-refractivity contribution in [2.45, 2.75) is 41.2 Å². The van der Waals surface area contributed by atoms with E-state index in [9.17, 15) is 4.79 Å². The molecule has 0 atom stereocenters. The SMILES string of the molecule is CCN(CC)C(=O)C=Cc1c(C)nn(Cc2ccc(C)cc2)c1C. The van der Waals surface area contributed by atoms with Crippen molar-refractivity contribution in [2.75, 3.05) is 13.1 Å². The Balaban J connectivity index is 2.19. The molecular weight excluding hydrogens is 298 g/mol. The molecule has 4 nitrogen and oxygen atoms in total. The van der Waals surface area contributed by atoms with E-state index in [1.807, 2.05) is 31.5 Å². The fourth-order valence-electron chi connectivity index (χ4n) is 2.77. The van der Waals surface area contributed by atoms with Crippen LogP contribution >= 0.6 is 0 Å². The van der Waals surface area contributed by atoms with Crippen molar-refractivity contribution in [1.82, 2.24) is 14.7 Å². The molecule has 2 aromatic rings. The highest BCUT2D eigenvalue weighted by Gasteiger charge is 2.11. The minimum atomic E-state index is 0.0464. The molecule has 1 aromatic heterocycles. The molecule has 0 aliphatic carbocycles. The van der Waals surface area contributed by atoms with E-state index < -0.39 is 0 Å². The number of benzene rings is 1. The average Bonchev–Trinajstić information content (AvgIpc) is 2.82. The highest BCUT2D eigenvalue weighted by atomic mass is 16.2. The van der Waals surface area contributed by atoms with Gasteiger partial charge in [-0.15, -0.1) is 0 Å². The first kappa shape index (κ1) is 18.0. The lowest BCUT2D eigenvalue weighted by Crippen LogP contribution is -2.28. The van der Waals surface area contributed by atoms with Gasteiger partial charge in [0, 0.05) is 30.4 Å². The Morgan fingerprint density at radius 1 is 1.12 bits per heavy atom. The Hall–Kier alpha value is -2.36. The second kappa shape index (κ2) is 7.95. The lowest BCUT2D eigenvalue weighted by atomic mass is 10.1. The maximum atomic E-state index is 12.1. The predicted octanol–water partition coefficient (Wildman–Crippen LogP) is 3.74. The second-order valence-electron chi connectivity index (χ2n) is 6.07. The van der Waals surface area contributed by atoms with E-state index in [2.05, 4.69) is 43.2 Å². The second-order valence-corrected chi connectivity index (χ2v) is 6.07. The average molecular weight is 325 g/mol. The number of hydrogen-bond donors (Lipinski definition) is 0. The number of hydrogen-bond acceptors (Lipinski definition) is 2. The van der Waals surface area contributed by atoms with Gasteiger partial charge in [-0.3, -0.25) is 9.48 Å². The molecule has 24 heavy (non-hydrogen) atoms. The lowest BCUT2D eigenvalue weighted by Gasteiger charge is -2.15. The van der Waals surface area contributed by atoms with E-state index in [4.69, 9.17) is 0 Å². The normalized spacial score (nSPS) is 11.2. The topological polar surface area (TPSA) is 38.1 Å². The molecule has 1 heterocycles. The molecule has 0 aliphatic heterocycles. The largest absolute Gasteiger partial charge is 0.340 e. The van der Waals surface area contributed by atoms with Gasteiger partial charge in [0.1, 0.15) is 0 Å². The van der Waals surface area contributed by atoms with Crippen molar-refractivity contribution in [3.05, 3.63) is 58.4 Å². The standard InChI is InChI=1S/C20H27N3O/c1-6-22(7-2)20(24)13-12-19-16(4)21-23(17(19)5)14-18-10-8-15(3)9-11-18/h8-13H,6-7,14H2,1-5H3. The number of likely N-dealkylation sites (N-methyl/N-ethyl adjacent to an activating group) is 1. The number of carbonyl (C=O) groups excluding carboxylic acids is 1. The molecule has 0 fully saturated rings. The fraction of sp³-hybridized carbons (Fsp3) is 0.400. The summed E-state index contributed by atoms with van der Waals surface area (Å²) < 4.78 is 2.00. The van der Waals surface area contributed by atoms with Crippen LogP contribution < -0.4 is 0 Å². The lowest BCUT2D eigenvalue weighted by molar-refractivity contribution is -0.125. The monoisotopic (exact) mass is 325 g/mol. The van der Waals surface area contributed by atoms with Gasteiger partial charge in [0.15, 0.2) is 0 Å². The Labute approximate surface area is 144 Å². The predicted molar refractivity (Wildman–Crippen MR) is 98.9 cm³/mol. The molecule has 0 unspecified atom stereocenters. The zero-order valence-electron chi connectivity index (χ0n) is 15.3. The Morgan fingerprint density at radius 3 is 2.33 bits per heavy atom. The van der Waals surface area contributed by atoms with Crippen LogP contribution in [0.2, 0.25) is 0 Å². The van der Waals surface area contributed by atoms with Crippen molar-refractivity contribution >= 4 is 12.0 Å². The smallest absolute Gasteiger partial charge is 0.246 e. The summed E-state index contributed by atoms with van der Waals surface area (Å²) in [5.41, 5.74) is 5.54. The van der Waals surface area contributed by atoms with E-state index in [1.165, 1.54) is 11.1 Å². The van der Waals surface area contributed by atoms with Crippen LogP contribution in [0.25, 0.3) is 6.08 Å². The number of amides is 1. The maximum Gasteiger partial charge on any atom is 0.246 e. The molecule has 128 valence electrons. The van der Waals surface area contributed by atoms with Gasteiger partial charge in [0.2, 0.25) is 5.91 Å². The van der Waals surface area contributed by atoms with Gasteiger partial charge in [-0.25, -0.2) is 0 Å². The number of aryl methyl sites for hydroxylation is 2. The van der Waals surface area contributed by atoms with E-state index >= 15 is 0 Å². The van der Waals surface area contributed by atoms with Gasteiger partial charge in [0.05, 0.1) is 12.2 Å². The van der Waals surface area contributed by atoms with Gasteiger partial charge < -0.3 is 4.90 Å². The van der Waals surface area contributed by atoms with Crippen molar-refractivity contribution in [2.24, 2.45) is 0 Å². The Kier molecular flexibility index (Phi) is 5.96. The van der Waals surface area contributed by atoms with E-state index in [1.54, 1.807) is 11.0 Å². The molecule has 1 amide bonds. The van der Waals surface area contributed by atoms with Gasteiger partial charge in [-0.05, 0) is 46.3 Å². The van der Waals surface area contributed by atoms with Gasteiger partial charge in [-0.2, -0.15) is 5.10 Å². The summed E-state index contributed by atoms with van der Waals surface area (Å²) in [6, 6.07) is 8.49. The summed E-state index contributed by atoms with van der Waals surface area (Å²) in [7, 11) is 0. The number of aromatic nitrogens is 2. The Bertz CT molecular complexity index is 722. The summed E-state index contributed by atoms with van der Waals surface area (Å²) in [5, 5.41) is 4.63. The van der Waals surface area contributed by atoms with Crippen LogP contribution in [-0.2, 0) is 11.3 Å². The molecule has 0 aliphatic rings. The van der Waals surface area contributed by atoms with Crippen LogP contribution in [0.4, 0.5) is 0 Å². The van der Waals surface area contributed by atoms with Crippen LogP contribution in [0.5, 0.6) is 0 Å². The summed E-state index contributed by atoms with van der Waals surface area (Å²) in [6.45, 7) is 12.3.